The standard InChI is InChI=1S/C28H29N3O2/c1-18-13-19(2)15-21(14-18)16-30-28(33)26(31-27(32)22-9-5-4-6-10-22)20(3)24-17-29-25-12-8-7-11-23(24)25/h4-15,17,20,26,29H,16H2,1-3H3,(H,30,33)(H,31,32). The van der Waals surface area contributed by atoms with Crippen molar-refractivity contribution in [1.82, 2.24) is 15.6 Å². The lowest BCUT2D eigenvalue weighted by Crippen LogP contribution is -2.49. The zero-order valence-corrected chi connectivity index (χ0v) is 19.2. The molecule has 33 heavy (non-hydrogen) atoms. The van der Waals surface area contributed by atoms with E-state index in [2.05, 4.69) is 33.8 Å². The van der Waals surface area contributed by atoms with Gasteiger partial charge in [0.2, 0.25) is 5.91 Å². The Kier molecular flexibility index (Phi) is 6.59. The number of hydrogen-bond acceptors (Lipinski definition) is 2. The molecule has 0 saturated carbocycles. The summed E-state index contributed by atoms with van der Waals surface area (Å²) < 4.78 is 0. The van der Waals surface area contributed by atoms with Crippen molar-refractivity contribution in [2.45, 2.75) is 39.3 Å². The maximum absolute atomic E-state index is 13.4. The smallest absolute Gasteiger partial charge is 0.251 e. The Hall–Kier alpha value is -3.86. The molecule has 0 aliphatic rings. The summed E-state index contributed by atoms with van der Waals surface area (Å²) in [5, 5.41) is 7.06. The van der Waals surface area contributed by atoms with Crippen LogP contribution in [0.5, 0.6) is 0 Å². The van der Waals surface area contributed by atoms with E-state index in [4.69, 9.17) is 0 Å². The summed E-state index contributed by atoms with van der Waals surface area (Å²) in [4.78, 5) is 29.6. The van der Waals surface area contributed by atoms with Crippen molar-refractivity contribution < 1.29 is 9.59 Å². The summed E-state index contributed by atoms with van der Waals surface area (Å²) in [7, 11) is 0. The normalized spacial score (nSPS) is 12.8. The minimum atomic E-state index is -0.734. The topological polar surface area (TPSA) is 74.0 Å². The number of hydrogen-bond donors (Lipinski definition) is 3. The number of aromatic nitrogens is 1. The molecule has 0 aliphatic heterocycles. The molecule has 3 aromatic carbocycles. The molecule has 2 unspecified atom stereocenters. The molecule has 2 amide bonds. The molecule has 0 radical (unpaired) electrons. The first-order chi connectivity index (χ1) is 15.9. The minimum Gasteiger partial charge on any atom is -0.361 e. The van der Waals surface area contributed by atoms with Crippen LogP contribution in [0, 0.1) is 13.8 Å². The van der Waals surface area contributed by atoms with Gasteiger partial charge in [0.15, 0.2) is 0 Å². The number of rotatable bonds is 7. The third-order valence-electron chi connectivity index (χ3n) is 5.97. The van der Waals surface area contributed by atoms with E-state index >= 15 is 0 Å². The van der Waals surface area contributed by atoms with Gasteiger partial charge in [-0.05, 0) is 43.2 Å². The van der Waals surface area contributed by atoms with E-state index in [1.165, 1.54) is 0 Å². The van der Waals surface area contributed by atoms with Crippen molar-refractivity contribution in [3.63, 3.8) is 0 Å². The SMILES string of the molecule is Cc1cc(C)cc(CNC(=O)C(NC(=O)c2ccccc2)C(C)c2c[nH]c3ccccc23)c1. The van der Waals surface area contributed by atoms with E-state index in [0.717, 1.165) is 33.2 Å². The number of para-hydroxylation sites is 1. The third kappa shape index (κ3) is 5.14. The van der Waals surface area contributed by atoms with Gasteiger partial charge >= 0.3 is 0 Å². The number of H-pyrrole nitrogens is 1. The van der Waals surface area contributed by atoms with Crippen LogP contribution in [0.15, 0.2) is 79.0 Å². The van der Waals surface area contributed by atoms with Crippen LogP contribution in [0.2, 0.25) is 0 Å². The van der Waals surface area contributed by atoms with Gasteiger partial charge < -0.3 is 15.6 Å². The van der Waals surface area contributed by atoms with Gasteiger partial charge in [-0.3, -0.25) is 9.59 Å². The lowest BCUT2D eigenvalue weighted by molar-refractivity contribution is -0.123. The second-order valence-corrected chi connectivity index (χ2v) is 8.61. The third-order valence-corrected chi connectivity index (χ3v) is 5.97. The van der Waals surface area contributed by atoms with Gasteiger partial charge in [0.25, 0.3) is 5.91 Å². The number of aromatic amines is 1. The summed E-state index contributed by atoms with van der Waals surface area (Å²) in [5.41, 5.74) is 5.86. The number of carbonyl (C=O) groups is 2. The van der Waals surface area contributed by atoms with Gasteiger partial charge in [-0.25, -0.2) is 0 Å². The summed E-state index contributed by atoms with van der Waals surface area (Å²) in [6, 6.07) is 22.5. The van der Waals surface area contributed by atoms with Gasteiger partial charge in [0, 0.05) is 35.1 Å². The predicted octanol–water partition coefficient (Wildman–Crippen LogP) is 5.00. The zero-order valence-electron chi connectivity index (χ0n) is 19.2. The van der Waals surface area contributed by atoms with Crippen molar-refractivity contribution in [2.75, 3.05) is 0 Å². The average Bonchev–Trinajstić information content (AvgIpc) is 3.24. The van der Waals surface area contributed by atoms with Crippen LogP contribution in [0.3, 0.4) is 0 Å². The van der Waals surface area contributed by atoms with Crippen molar-refractivity contribution in [3.05, 3.63) is 107 Å². The van der Waals surface area contributed by atoms with Crippen molar-refractivity contribution in [1.29, 1.82) is 0 Å². The summed E-state index contributed by atoms with van der Waals surface area (Å²) in [5.74, 6) is -0.724. The van der Waals surface area contributed by atoms with Crippen LogP contribution in [0.25, 0.3) is 10.9 Å². The van der Waals surface area contributed by atoms with Crippen LogP contribution in [-0.2, 0) is 11.3 Å². The lowest BCUT2D eigenvalue weighted by atomic mass is 9.91. The summed E-state index contributed by atoms with van der Waals surface area (Å²) in [6.45, 7) is 6.46. The lowest BCUT2D eigenvalue weighted by Gasteiger charge is -2.25. The molecule has 4 aromatic rings. The van der Waals surface area contributed by atoms with Crippen LogP contribution in [0.1, 0.15) is 45.5 Å². The fraction of sp³-hybridized carbons (Fsp3) is 0.214. The van der Waals surface area contributed by atoms with E-state index in [9.17, 15) is 9.59 Å². The molecule has 1 aromatic heterocycles. The second-order valence-electron chi connectivity index (χ2n) is 8.61. The number of nitrogens with one attached hydrogen (secondary N) is 3. The van der Waals surface area contributed by atoms with E-state index in [1.54, 1.807) is 12.1 Å². The number of amides is 2. The van der Waals surface area contributed by atoms with Crippen LogP contribution >= 0.6 is 0 Å². The van der Waals surface area contributed by atoms with Gasteiger partial charge in [-0.15, -0.1) is 0 Å². The Balaban J connectivity index is 1.60. The molecule has 3 N–H and O–H groups in total. The largest absolute Gasteiger partial charge is 0.361 e. The molecule has 0 aliphatic carbocycles. The highest BCUT2D eigenvalue weighted by Crippen LogP contribution is 2.28. The Bertz CT molecular complexity index is 1260. The van der Waals surface area contributed by atoms with Crippen molar-refractivity contribution in [3.8, 4) is 0 Å². The number of fused-ring (bicyclic) bond motifs is 1. The quantitative estimate of drug-likeness (QED) is 0.379. The maximum Gasteiger partial charge on any atom is 0.251 e. The molecule has 2 atom stereocenters. The fourth-order valence-corrected chi connectivity index (χ4v) is 4.35. The van der Waals surface area contributed by atoms with Crippen LogP contribution in [0.4, 0.5) is 0 Å². The Morgan fingerprint density at radius 2 is 1.58 bits per heavy atom. The Labute approximate surface area is 194 Å². The number of aryl methyl sites for hydroxylation is 2. The van der Waals surface area contributed by atoms with Crippen LogP contribution < -0.4 is 10.6 Å². The minimum absolute atomic E-state index is 0.212. The molecule has 0 spiro atoms. The molecule has 0 saturated heterocycles. The molecular weight excluding hydrogens is 410 g/mol. The van der Waals surface area contributed by atoms with Gasteiger partial charge in [0.1, 0.15) is 6.04 Å². The Morgan fingerprint density at radius 3 is 2.30 bits per heavy atom. The second kappa shape index (κ2) is 9.74. The monoisotopic (exact) mass is 439 g/mol. The van der Waals surface area contributed by atoms with Gasteiger partial charge in [0.05, 0.1) is 0 Å². The number of benzene rings is 3. The summed E-state index contributed by atoms with van der Waals surface area (Å²) >= 11 is 0. The molecule has 168 valence electrons. The molecule has 5 heteroatoms. The molecule has 0 fully saturated rings. The first-order valence-electron chi connectivity index (χ1n) is 11.2. The van der Waals surface area contributed by atoms with Crippen molar-refractivity contribution >= 4 is 22.7 Å². The Morgan fingerprint density at radius 1 is 0.909 bits per heavy atom. The highest BCUT2D eigenvalue weighted by molar-refractivity contribution is 5.98. The van der Waals surface area contributed by atoms with E-state index in [1.807, 2.05) is 69.4 Å². The molecule has 4 rings (SSSR count). The average molecular weight is 440 g/mol. The predicted molar refractivity (Wildman–Crippen MR) is 132 cm³/mol. The highest BCUT2D eigenvalue weighted by atomic mass is 16.2. The van der Waals surface area contributed by atoms with E-state index in [-0.39, 0.29) is 17.7 Å². The highest BCUT2D eigenvalue weighted by Gasteiger charge is 2.29. The first-order valence-corrected chi connectivity index (χ1v) is 11.2. The number of carbonyl (C=O) groups excluding carboxylic acids is 2. The van der Waals surface area contributed by atoms with E-state index in [0.29, 0.717) is 12.1 Å². The van der Waals surface area contributed by atoms with Gasteiger partial charge in [-0.1, -0.05) is 72.6 Å². The summed E-state index contributed by atoms with van der Waals surface area (Å²) in [6.07, 6.45) is 1.92. The van der Waals surface area contributed by atoms with Gasteiger partial charge in [-0.2, -0.15) is 0 Å². The first kappa shape index (κ1) is 22.3. The molecular formula is C28H29N3O2. The molecule has 0 bridgehead atoms. The van der Waals surface area contributed by atoms with E-state index < -0.39 is 6.04 Å². The molecule has 5 nitrogen and oxygen atoms in total. The molecule has 1 heterocycles. The van der Waals surface area contributed by atoms with Crippen LogP contribution in [-0.4, -0.2) is 22.8 Å². The maximum atomic E-state index is 13.4. The fourth-order valence-electron chi connectivity index (χ4n) is 4.35. The van der Waals surface area contributed by atoms with Crippen molar-refractivity contribution in [2.24, 2.45) is 0 Å². The zero-order chi connectivity index (χ0) is 23.4.